The van der Waals surface area contributed by atoms with Gasteiger partial charge < -0.3 is 16.2 Å². The van der Waals surface area contributed by atoms with Crippen LogP contribution >= 0.6 is 0 Å². The fraction of sp³-hybridized carbons (Fsp3) is 0.917. The molecule has 0 aromatic carbocycles. The zero-order valence-corrected chi connectivity index (χ0v) is 10.1. The maximum atomic E-state index is 12.2. The first kappa shape index (κ1) is 11.9. The Hall–Kier alpha value is -0.610. The second-order valence-corrected chi connectivity index (χ2v) is 5.86. The van der Waals surface area contributed by atoms with Gasteiger partial charge in [-0.3, -0.25) is 4.79 Å². The molecule has 0 saturated heterocycles. The summed E-state index contributed by atoms with van der Waals surface area (Å²) >= 11 is 0. The number of hydrogen-bond acceptors (Lipinski definition) is 3. The van der Waals surface area contributed by atoms with Gasteiger partial charge in [-0.15, -0.1) is 0 Å². The number of carbonyl (C=O) groups is 1. The molecule has 0 radical (unpaired) electrons. The number of aliphatic hydroxyl groups excluding tert-OH is 1. The summed E-state index contributed by atoms with van der Waals surface area (Å²) in [7, 11) is 0. The van der Waals surface area contributed by atoms with Crippen LogP contribution in [0.5, 0.6) is 0 Å². The summed E-state index contributed by atoms with van der Waals surface area (Å²) < 4.78 is 0. The second-order valence-electron chi connectivity index (χ2n) is 5.86. The lowest BCUT2D eigenvalue weighted by atomic mass is 9.69. The van der Waals surface area contributed by atoms with Crippen LogP contribution < -0.4 is 11.1 Å². The molecule has 2 rings (SSSR count). The van der Waals surface area contributed by atoms with Crippen LogP contribution in [0.1, 0.15) is 33.1 Å². The van der Waals surface area contributed by atoms with Crippen LogP contribution in [0, 0.1) is 16.7 Å². The number of hydrogen-bond donors (Lipinski definition) is 3. The maximum Gasteiger partial charge on any atom is 0.228 e. The SMILES string of the molecule is CC1(C)[C@@H]2CC[C@@](C(=O)NCCN)(C2)[C@@H]1O. The van der Waals surface area contributed by atoms with E-state index in [1.54, 1.807) is 0 Å². The van der Waals surface area contributed by atoms with Crippen LogP contribution in [0.15, 0.2) is 0 Å². The standard InChI is InChI=1S/C12H22N2O2/c1-11(2)8-3-4-12(7-8,9(11)15)10(16)14-6-5-13/h8-9,15H,3-7,13H2,1-2H3,(H,14,16)/t8-,9-,12-/m1/s1. The van der Waals surface area contributed by atoms with Gasteiger partial charge in [-0.1, -0.05) is 13.8 Å². The van der Waals surface area contributed by atoms with Crippen molar-refractivity contribution in [2.45, 2.75) is 39.2 Å². The minimum atomic E-state index is -0.538. The molecule has 4 N–H and O–H groups in total. The van der Waals surface area contributed by atoms with Crippen LogP contribution in [0.3, 0.4) is 0 Å². The van der Waals surface area contributed by atoms with Gasteiger partial charge in [0.05, 0.1) is 11.5 Å². The summed E-state index contributed by atoms with van der Waals surface area (Å²) in [6.07, 6.45) is 2.19. The van der Waals surface area contributed by atoms with E-state index in [1.165, 1.54) is 0 Å². The summed E-state index contributed by atoms with van der Waals surface area (Å²) in [5.74, 6) is 0.477. The quantitative estimate of drug-likeness (QED) is 0.645. The van der Waals surface area contributed by atoms with Gasteiger partial charge in [0.1, 0.15) is 0 Å². The van der Waals surface area contributed by atoms with E-state index in [-0.39, 0.29) is 11.3 Å². The molecule has 0 heterocycles. The maximum absolute atomic E-state index is 12.2. The summed E-state index contributed by atoms with van der Waals surface area (Å²) in [5.41, 5.74) is 4.72. The van der Waals surface area contributed by atoms with Crippen molar-refractivity contribution in [1.29, 1.82) is 0 Å². The fourth-order valence-corrected chi connectivity index (χ4v) is 3.59. The third-order valence-electron chi connectivity index (χ3n) is 4.71. The molecule has 0 unspecified atom stereocenters. The first-order valence-corrected chi connectivity index (χ1v) is 6.11. The topological polar surface area (TPSA) is 75.4 Å². The number of fused-ring (bicyclic) bond motifs is 2. The Bertz CT molecular complexity index is 303. The van der Waals surface area contributed by atoms with E-state index in [0.29, 0.717) is 19.0 Å². The molecule has 2 fully saturated rings. The molecule has 4 heteroatoms. The number of nitrogens with one attached hydrogen (secondary N) is 1. The van der Waals surface area contributed by atoms with Gasteiger partial charge >= 0.3 is 0 Å². The molecule has 2 aliphatic carbocycles. The van der Waals surface area contributed by atoms with Crippen LogP contribution in [0.2, 0.25) is 0 Å². The summed E-state index contributed by atoms with van der Waals surface area (Å²) in [6, 6.07) is 0. The first-order valence-electron chi connectivity index (χ1n) is 6.11. The van der Waals surface area contributed by atoms with Crippen molar-refractivity contribution in [3.8, 4) is 0 Å². The minimum absolute atomic E-state index is 0.00137. The van der Waals surface area contributed by atoms with E-state index >= 15 is 0 Å². The van der Waals surface area contributed by atoms with Gasteiger partial charge in [0.2, 0.25) is 5.91 Å². The largest absolute Gasteiger partial charge is 0.391 e. The lowest BCUT2D eigenvalue weighted by Gasteiger charge is -2.39. The number of aliphatic hydroxyl groups is 1. The van der Waals surface area contributed by atoms with E-state index in [4.69, 9.17) is 5.73 Å². The molecule has 1 amide bonds. The molecule has 92 valence electrons. The number of rotatable bonds is 3. The van der Waals surface area contributed by atoms with E-state index in [0.717, 1.165) is 19.3 Å². The second kappa shape index (κ2) is 3.70. The Morgan fingerprint density at radius 2 is 2.25 bits per heavy atom. The Morgan fingerprint density at radius 3 is 2.75 bits per heavy atom. The number of nitrogens with two attached hydrogens (primary N) is 1. The lowest BCUT2D eigenvalue weighted by molar-refractivity contribution is -0.140. The number of carbonyl (C=O) groups excluding carboxylic acids is 1. The van der Waals surface area contributed by atoms with Crippen molar-refractivity contribution in [2.75, 3.05) is 13.1 Å². The molecule has 2 saturated carbocycles. The van der Waals surface area contributed by atoms with E-state index in [2.05, 4.69) is 19.2 Å². The van der Waals surface area contributed by atoms with Crippen molar-refractivity contribution in [1.82, 2.24) is 5.32 Å². The summed E-state index contributed by atoms with van der Waals surface area (Å²) in [6.45, 7) is 5.09. The van der Waals surface area contributed by atoms with Crippen molar-refractivity contribution < 1.29 is 9.90 Å². The zero-order valence-electron chi connectivity index (χ0n) is 10.1. The highest BCUT2D eigenvalue weighted by Gasteiger charge is 2.64. The zero-order chi connectivity index (χ0) is 12.0. The lowest BCUT2D eigenvalue weighted by Crippen LogP contribution is -2.50. The molecule has 2 bridgehead atoms. The smallest absolute Gasteiger partial charge is 0.228 e. The molecule has 4 nitrogen and oxygen atoms in total. The molecule has 2 aliphatic rings. The van der Waals surface area contributed by atoms with Gasteiger partial charge in [-0.05, 0) is 30.6 Å². The Labute approximate surface area is 96.6 Å². The Morgan fingerprint density at radius 1 is 1.56 bits per heavy atom. The Kier molecular flexibility index (Phi) is 2.75. The van der Waals surface area contributed by atoms with Crippen LogP contribution in [-0.4, -0.2) is 30.2 Å². The summed E-state index contributed by atoms with van der Waals surface area (Å²) in [5, 5.41) is 13.2. The van der Waals surface area contributed by atoms with Crippen molar-refractivity contribution >= 4 is 5.91 Å². The van der Waals surface area contributed by atoms with Crippen molar-refractivity contribution in [3.63, 3.8) is 0 Å². The highest BCUT2D eigenvalue weighted by molar-refractivity contribution is 5.84. The van der Waals surface area contributed by atoms with Gasteiger partial charge in [-0.2, -0.15) is 0 Å². The Balaban J connectivity index is 2.17. The minimum Gasteiger partial charge on any atom is -0.391 e. The summed E-state index contributed by atoms with van der Waals surface area (Å²) in [4.78, 5) is 12.2. The molecule has 0 aromatic rings. The average molecular weight is 226 g/mol. The molecule has 0 aliphatic heterocycles. The monoisotopic (exact) mass is 226 g/mol. The van der Waals surface area contributed by atoms with Crippen molar-refractivity contribution in [2.24, 2.45) is 22.5 Å². The third-order valence-corrected chi connectivity index (χ3v) is 4.71. The van der Waals surface area contributed by atoms with Crippen LogP contribution in [0.4, 0.5) is 0 Å². The van der Waals surface area contributed by atoms with Gasteiger partial charge in [0, 0.05) is 13.1 Å². The van der Waals surface area contributed by atoms with Crippen LogP contribution in [0.25, 0.3) is 0 Å². The van der Waals surface area contributed by atoms with Crippen molar-refractivity contribution in [3.05, 3.63) is 0 Å². The van der Waals surface area contributed by atoms with Gasteiger partial charge in [0.25, 0.3) is 0 Å². The molecular formula is C12H22N2O2. The van der Waals surface area contributed by atoms with Gasteiger partial charge in [-0.25, -0.2) is 0 Å². The predicted octanol–water partition coefficient (Wildman–Crippen LogP) is 0.249. The predicted molar refractivity (Wildman–Crippen MR) is 61.6 cm³/mol. The van der Waals surface area contributed by atoms with E-state index in [1.807, 2.05) is 0 Å². The van der Waals surface area contributed by atoms with E-state index < -0.39 is 11.5 Å². The highest BCUT2D eigenvalue weighted by Crippen LogP contribution is 2.62. The number of amides is 1. The molecule has 16 heavy (non-hydrogen) atoms. The average Bonchev–Trinajstić information content (AvgIpc) is 2.76. The van der Waals surface area contributed by atoms with E-state index in [9.17, 15) is 9.90 Å². The van der Waals surface area contributed by atoms with Crippen LogP contribution in [-0.2, 0) is 4.79 Å². The first-order chi connectivity index (χ1) is 7.45. The highest BCUT2D eigenvalue weighted by atomic mass is 16.3. The fourth-order valence-electron chi connectivity index (χ4n) is 3.59. The molecular weight excluding hydrogens is 204 g/mol. The van der Waals surface area contributed by atoms with Gasteiger partial charge in [0.15, 0.2) is 0 Å². The molecule has 0 spiro atoms. The molecule has 3 atom stereocenters. The normalized spacial score (nSPS) is 40.0. The molecule has 0 aromatic heterocycles. The third kappa shape index (κ3) is 1.39.